The Hall–Kier alpha value is -1.28. The van der Waals surface area contributed by atoms with Crippen molar-refractivity contribution in [2.24, 2.45) is 5.73 Å². The molecule has 1 aromatic carbocycles. The summed E-state index contributed by atoms with van der Waals surface area (Å²) in [5.74, 6) is 0.971. The molecule has 2 heteroatoms. The van der Waals surface area contributed by atoms with Crippen LogP contribution in [0.4, 0.5) is 0 Å². The summed E-state index contributed by atoms with van der Waals surface area (Å²) in [6, 6.07) is 8.29. The predicted octanol–water partition coefficient (Wildman–Crippen LogP) is 3.12. The lowest BCUT2D eigenvalue weighted by atomic mass is 9.63. The lowest BCUT2D eigenvalue weighted by Gasteiger charge is -2.45. The first-order valence-corrected chi connectivity index (χ1v) is 6.40. The van der Waals surface area contributed by atoms with E-state index in [0.717, 1.165) is 31.4 Å². The molecule has 1 heterocycles. The van der Waals surface area contributed by atoms with Crippen molar-refractivity contribution in [3.05, 3.63) is 42.5 Å². The van der Waals surface area contributed by atoms with Crippen molar-refractivity contribution in [1.29, 1.82) is 0 Å². The molecule has 2 N–H and O–H groups in total. The first kappa shape index (κ1) is 10.8. The van der Waals surface area contributed by atoms with Crippen LogP contribution in [0.1, 0.15) is 37.7 Å². The van der Waals surface area contributed by atoms with Gasteiger partial charge in [0.2, 0.25) is 0 Å². The van der Waals surface area contributed by atoms with Gasteiger partial charge >= 0.3 is 0 Å². The van der Waals surface area contributed by atoms with E-state index in [-0.39, 0.29) is 5.41 Å². The van der Waals surface area contributed by atoms with E-state index < -0.39 is 5.72 Å². The van der Waals surface area contributed by atoms with Gasteiger partial charge in [0, 0.05) is 12.0 Å². The van der Waals surface area contributed by atoms with E-state index in [9.17, 15) is 0 Å². The molecular formula is C15H19NO. The number of ether oxygens (including phenoxy) is 1. The maximum absolute atomic E-state index is 6.57. The van der Waals surface area contributed by atoms with E-state index >= 15 is 0 Å². The van der Waals surface area contributed by atoms with Gasteiger partial charge in [-0.1, -0.05) is 30.7 Å². The summed E-state index contributed by atoms with van der Waals surface area (Å²) < 4.78 is 6.08. The van der Waals surface area contributed by atoms with Crippen LogP contribution in [0, 0.1) is 0 Å². The van der Waals surface area contributed by atoms with Gasteiger partial charge in [-0.2, -0.15) is 0 Å². The van der Waals surface area contributed by atoms with Crippen molar-refractivity contribution in [3.8, 4) is 5.75 Å². The van der Waals surface area contributed by atoms with E-state index in [0.29, 0.717) is 0 Å². The van der Waals surface area contributed by atoms with E-state index in [2.05, 4.69) is 18.7 Å². The quantitative estimate of drug-likeness (QED) is 0.791. The molecule has 0 bridgehead atoms. The van der Waals surface area contributed by atoms with Crippen LogP contribution in [-0.2, 0) is 5.41 Å². The van der Waals surface area contributed by atoms with Crippen LogP contribution in [-0.4, -0.2) is 5.72 Å². The van der Waals surface area contributed by atoms with Gasteiger partial charge in [0.05, 0.1) is 5.41 Å². The standard InChI is InChI=1S/C15H19NO/c1-2-9-14-10-5-6-11-15(14,16)17-13-8-4-3-7-12(13)14/h2-4,7-8H,1,5-6,9-11,16H2. The Labute approximate surface area is 102 Å². The third-order valence-corrected chi connectivity index (χ3v) is 4.40. The average molecular weight is 229 g/mol. The van der Waals surface area contributed by atoms with E-state index in [4.69, 9.17) is 10.5 Å². The van der Waals surface area contributed by atoms with Crippen molar-refractivity contribution >= 4 is 0 Å². The Morgan fingerprint density at radius 1 is 1.29 bits per heavy atom. The lowest BCUT2D eigenvalue weighted by molar-refractivity contribution is -0.0118. The molecular weight excluding hydrogens is 210 g/mol. The van der Waals surface area contributed by atoms with Crippen LogP contribution in [0.3, 0.4) is 0 Å². The highest BCUT2D eigenvalue weighted by Crippen LogP contribution is 2.55. The summed E-state index contributed by atoms with van der Waals surface area (Å²) in [4.78, 5) is 0. The molecule has 0 saturated heterocycles. The number of allylic oxidation sites excluding steroid dienone is 1. The summed E-state index contributed by atoms with van der Waals surface area (Å²) in [5.41, 5.74) is 7.27. The highest BCUT2D eigenvalue weighted by atomic mass is 16.5. The maximum atomic E-state index is 6.57. The minimum Gasteiger partial charge on any atom is -0.472 e. The summed E-state index contributed by atoms with van der Waals surface area (Å²) >= 11 is 0. The normalized spacial score (nSPS) is 34.6. The number of benzene rings is 1. The van der Waals surface area contributed by atoms with Crippen molar-refractivity contribution in [1.82, 2.24) is 0 Å². The molecule has 0 radical (unpaired) electrons. The maximum Gasteiger partial charge on any atom is 0.168 e. The van der Waals surface area contributed by atoms with Crippen molar-refractivity contribution in [2.45, 2.75) is 43.2 Å². The predicted molar refractivity (Wildman–Crippen MR) is 68.9 cm³/mol. The number of fused-ring (bicyclic) bond motifs is 3. The van der Waals surface area contributed by atoms with E-state index in [1.165, 1.54) is 12.0 Å². The first-order valence-electron chi connectivity index (χ1n) is 6.40. The van der Waals surface area contributed by atoms with Crippen molar-refractivity contribution in [2.75, 3.05) is 0 Å². The Balaban J connectivity index is 2.17. The smallest absolute Gasteiger partial charge is 0.168 e. The molecule has 90 valence electrons. The molecule has 0 amide bonds. The fourth-order valence-corrected chi connectivity index (χ4v) is 3.55. The third kappa shape index (κ3) is 1.31. The summed E-state index contributed by atoms with van der Waals surface area (Å²) in [7, 11) is 0. The summed E-state index contributed by atoms with van der Waals surface area (Å²) in [5, 5.41) is 0. The van der Waals surface area contributed by atoms with Gasteiger partial charge in [-0.05, 0) is 25.3 Å². The highest BCUT2D eigenvalue weighted by Gasteiger charge is 2.58. The molecule has 1 fully saturated rings. The highest BCUT2D eigenvalue weighted by molar-refractivity contribution is 5.48. The molecule has 1 saturated carbocycles. The third-order valence-electron chi connectivity index (χ3n) is 4.40. The molecule has 1 aromatic rings. The molecule has 2 atom stereocenters. The van der Waals surface area contributed by atoms with Crippen molar-refractivity contribution in [3.63, 3.8) is 0 Å². The van der Waals surface area contributed by atoms with Gasteiger partial charge in [0.1, 0.15) is 5.75 Å². The van der Waals surface area contributed by atoms with Gasteiger partial charge < -0.3 is 4.74 Å². The van der Waals surface area contributed by atoms with Crippen LogP contribution in [0.15, 0.2) is 36.9 Å². The number of para-hydroxylation sites is 1. The van der Waals surface area contributed by atoms with Crippen LogP contribution < -0.4 is 10.5 Å². The molecule has 2 unspecified atom stereocenters. The minimum atomic E-state index is -0.525. The number of nitrogens with two attached hydrogens (primary N) is 1. The van der Waals surface area contributed by atoms with Crippen LogP contribution in [0.5, 0.6) is 5.75 Å². The molecule has 1 aliphatic carbocycles. The van der Waals surface area contributed by atoms with Gasteiger partial charge in [-0.25, -0.2) is 0 Å². The fraction of sp³-hybridized carbons (Fsp3) is 0.467. The average Bonchev–Trinajstić information content (AvgIpc) is 2.59. The minimum absolute atomic E-state index is 0.0520. The van der Waals surface area contributed by atoms with Crippen LogP contribution in [0.25, 0.3) is 0 Å². The van der Waals surface area contributed by atoms with Gasteiger partial charge in [-0.15, -0.1) is 6.58 Å². The monoisotopic (exact) mass is 229 g/mol. The molecule has 2 nitrogen and oxygen atoms in total. The van der Waals surface area contributed by atoms with Crippen molar-refractivity contribution < 1.29 is 4.74 Å². The summed E-state index contributed by atoms with van der Waals surface area (Å²) in [6.45, 7) is 3.90. The Kier molecular flexibility index (Phi) is 2.30. The molecule has 1 aliphatic heterocycles. The van der Waals surface area contributed by atoms with Crippen LogP contribution in [0.2, 0.25) is 0 Å². The Bertz CT molecular complexity index is 456. The number of hydrogen-bond donors (Lipinski definition) is 1. The zero-order valence-corrected chi connectivity index (χ0v) is 10.1. The second kappa shape index (κ2) is 3.61. The largest absolute Gasteiger partial charge is 0.472 e. The molecule has 3 rings (SSSR count). The molecule has 2 aliphatic rings. The van der Waals surface area contributed by atoms with Gasteiger partial charge in [-0.3, -0.25) is 5.73 Å². The summed E-state index contributed by atoms with van der Waals surface area (Å²) in [6.07, 6.45) is 7.31. The zero-order valence-electron chi connectivity index (χ0n) is 10.1. The molecule has 17 heavy (non-hydrogen) atoms. The van der Waals surface area contributed by atoms with Crippen LogP contribution >= 0.6 is 0 Å². The second-order valence-electron chi connectivity index (χ2n) is 5.27. The second-order valence-corrected chi connectivity index (χ2v) is 5.27. The van der Waals surface area contributed by atoms with Gasteiger partial charge in [0.25, 0.3) is 0 Å². The van der Waals surface area contributed by atoms with E-state index in [1.54, 1.807) is 0 Å². The number of hydrogen-bond acceptors (Lipinski definition) is 2. The van der Waals surface area contributed by atoms with E-state index in [1.807, 2.05) is 18.2 Å². The first-order chi connectivity index (χ1) is 8.22. The fourth-order valence-electron chi connectivity index (χ4n) is 3.55. The Morgan fingerprint density at radius 3 is 2.88 bits per heavy atom. The Morgan fingerprint density at radius 2 is 2.06 bits per heavy atom. The topological polar surface area (TPSA) is 35.2 Å². The molecule has 0 spiro atoms. The lowest BCUT2D eigenvalue weighted by Crippen LogP contribution is -2.60. The SMILES string of the molecule is C=CCC12CCCCC1(N)Oc1ccccc12. The van der Waals surface area contributed by atoms with Gasteiger partial charge in [0.15, 0.2) is 5.72 Å². The zero-order chi connectivity index (χ0) is 11.9. The molecule has 0 aromatic heterocycles. The number of rotatable bonds is 2.